The Balaban J connectivity index is 1.48. The molecule has 23 heavy (non-hydrogen) atoms. The highest BCUT2D eigenvalue weighted by Gasteiger charge is 2.36. The third-order valence-corrected chi connectivity index (χ3v) is 4.95. The van der Waals surface area contributed by atoms with Gasteiger partial charge in [0, 0.05) is 6.54 Å². The van der Waals surface area contributed by atoms with E-state index in [0.29, 0.717) is 17.8 Å². The minimum absolute atomic E-state index is 0.0600. The third-order valence-electron chi connectivity index (χ3n) is 4.95. The Hall–Kier alpha value is -2.50. The summed E-state index contributed by atoms with van der Waals surface area (Å²) in [5, 5.41) is 14.3. The van der Waals surface area contributed by atoms with Gasteiger partial charge in [-0.2, -0.15) is 0 Å². The lowest BCUT2D eigenvalue weighted by molar-refractivity contribution is -0.123. The number of benzene rings is 1. The molecule has 1 amide bonds. The van der Waals surface area contributed by atoms with Crippen LogP contribution in [0.15, 0.2) is 48.8 Å². The van der Waals surface area contributed by atoms with Crippen LogP contribution in [0.25, 0.3) is 0 Å². The minimum Gasteiger partial charge on any atom is -0.354 e. The molecule has 1 N–H and O–H groups in total. The lowest BCUT2D eigenvalue weighted by atomic mass is 9.93. The summed E-state index contributed by atoms with van der Waals surface area (Å²) in [5.41, 5.74) is 0.880. The molecule has 0 spiro atoms. The summed E-state index contributed by atoms with van der Waals surface area (Å²) in [7, 11) is 0. The molecular formula is C17H19N5O. The first-order valence-electron chi connectivity index (χ1n) is 8.04. The minimum atomic E-state index is -0.527. The monoisotopic (exact) mass is 309 g/mol. The average molecular weight is 309 g/mol. The molecule has 2 aromatic rings. The molecule has 0 aliphatic heterocycles. The van der Waals surface area contributed by atoms with Gasteiger partial charge in [0.2, 0.25) is 5.91 Å². The first kappa shape index (κ1) is 14.1. The molecule has 1 aromatic heterocycles. The first-order valence-corrected chi connectivity index (χ1v) is 8.04. The molecule has 2 bridgehead atoms. The van der Waals surface area contributed by atoms with Crippen LogP contribution in [0.5, 0.6) is 0 Å². The van der Waals surface area contributed by atoms with Crippen molar-refractivity contribution >= 4 is 5.91 Å². The fourth-order valence-electron chi connectivity index (χ4n) is 3.80. The van der Waals surface area contributed by atoms with Crippen LogP contribution in [0.1, 0.15) is 24.4 Å². The molecule has 0 radical (unpaired) electrons. The Morgan fingerprint density at radius 2 is 2.13 bits per heavy atom. The fourth-order valence-corrected chi connectivity index (χ4v) is 3.80. The van der Waals surface area contributed by atoms with E-state index in [2.05, 4.69) is 33.0 Å². The van der Waals surface area contributed by atoms with Gasteiger partial charge in [-0.3, -0.25) is 4.79 Å². The van der Waals surface area contributed by atoms with Crippen LogP contribution in [-0.4, -0.2) is 32.7 Å². The van der Waals surface area contributed by atoms with Crippen molar-refractivity contribution in [3.8, 4) is 0 Å². The maximum Gasteiger partial charge on any atom is 0.249 e. The van der Waals surface area contributed by atoms with Crippen molar-refractivity contribution in [2.24, 2.45) is 17.8 Å². The van der Waals surface area contributed by atoms with Crippen molar-refractivity contribution in [1.29, 1.82) is 0 Å². The number of aromatic nitrogens is 4. The van der Waals surface area contributed by atoms with E-state index < -0.39 is 6.04 Å². The number of amides is 1. The summed E-state index contributed by atoms with van der Waals surface area (Å²) in [6.45, 7) is 0.718. The zero-order chi connectivity index (χ0) is 15.6. The Bertz CT molecular complexity index is 697. The normalized spacial score (nSPS) is 26.3. The number of hydrogen-bond acceptors (Lipinski definition) is 4. The van der Waals surface area contributed by atoms with Gasteiger partial charge in [0.05, 0.1) is 0 Å². The van der Waals surface area contributed by atoms with E-state index >= 15 is 0 Å². The van der Waals surface area contributed by atoms with E-state index in [0.717, 1.165) is 12.1 Å². The van der Waals surface area contributed by atoms with Gasteiger partial charge in [0.25, 0.3) is 0 Å². The van der Waals surface area contributed by atoms with E-state index in [9.17, 15) is 4.79 Å². The number of tetrazole rings is 1. The lowest BCUT2D eigenvalue weighted by Gasteiger charge is -2.21. The summed E-state index contributed by atoms with van der Waals surface area (Å²) in [5.74, 6) is 1.84. The molecule has 4 atom stereocenters. The molecule has 1 heterocycles. The average Bonchev–Trinajstić information content (AvgIpc) is 3.32. The number of allylic oxidation sites excluding steroid dienone is 2. The van der Waals surface area contributed by atoms with Crippen LogP contribution in [0, 0.1) is 17.8 Å². The highest BCUT2D eigenvalue weighted by molar-refractivity contribution is 5.83. The van der Waals surface area contributed by atoms with Crippen LogP contribution < -0.4 is 5.32 Å². The molecular weight excluding hydrogens is 290 g/mol. The van der Waals surface area contributed by atoms with E-state index in [-0.39, 0.29) is 5.91 Å². The second-order valence-corrected chi connectivity index (χ2v) is 6.39. The molecule has 2 aliphatic rings. The van der Waals surface area contributed by atoms with Crippen LogP contribution in [0.2, 0.25) is 0 Å². The summed E-state index contributed by atoms with van der Waals surface area (Å²) in [6.07, 6.45) is 8.54. The first-order chi connectivity index (χ1) is 11.3. The molecule has 6 heteroatoms. The number of hydrogen-bond donors (Lipinski definition) is 1. The smallest absolute Gasteiger partial charge is 0.249 e. The molecule has 1 saturated carbocycles. The van der Waals surface area contributed by atoms with Crippen molar-refractivity contribution in [3.05, 3.63) is 54.4 Å². The number of rotatable bonds is 5. The number of fused-ring (bicyclic) bond motifs is 2. The second-order valence-electron chi connectivity index (χ2n) is 6.39. The SMILES string of the molecule is O=C(NCC1CC2C=CC1C2)[C@H](c1ccccc1)n1cnnn1. The van der Waals surface area contributed by atoms with E-state index in [1.165, 1.54) is 23.9 Å². The van der Waals surface area contributed by atoms with Gasteiger partial charge in [-0.15, -0.1) is 5.10 Å². The number of carbonyl (C=O) groups excluding carboxylic acids is 1. The number of nitrogens with one attached hydrogen (secondary N) is 1. The van der Waals surface area contributed by atoms with E-state index in [4.69, 9.17) is 0 Å². The van der Waals surface area contributed by atoms with Gasteiger partial charge in [-0.1, -0.05) is 42.5 Å². The van der Waals surface area contributed by atoms with Crippen LogP contribution in [0.4, 0.5) is 0 Å². The molecule has 2 aliphatic carbocycles. The van der Waals surface area contributed by atoms with Crippen molar-refractivity contribution in [2.45, 2.75) is 18.9 Å². The van der Waals surface area contributed by atoms with Crippen LogP contribution in [0.3, 0.4) is 0 Å². The maximum atomic E-state index is 12.8. The maximum absolute atomic E-state index is 12.8. The second kappa shape index (κ2) is 5.95. The van der Waals surface area contributed by atoms with Gasteiger partial charge in [-0.05, 0) is 46.6 Å². The van der Waals surface area contributed by atoms with Gasteiger partial charge >= 0.3 is 0 Å². The Labute approximate surface area is 134 Å². The quantitative estimate of drug-likeness (QED) is 0.851. The largest absolute Gasteiger partial charge is 0.354 e. The molecule has 6 nitrogen and oxygen atoms in total. The number of carbonyl (C=O) groups is 1. The summed E-state index contributed by atoms with van der Waals surface area (Å²) in [6, 6.07) is 9.08. The van der Waals surface area contributed by atoms with Crippen molar-refractivity contribution in [3.63, 3.8) is 0 Å². The number of nitrogens with zero attached hydrogens (tertiary/aromatic N) is 4. The predicted molar refractivity (Wildman–Crippen MR) is 84.3 cm³/mol. The predicted octanol–water partition coefficient (Wildman–Crippen LogP) is 1.59. The van der Waals surface area contributed by atoms with E-state index in [1.807, 2.05) is 30.3 Å². The Kier molecular flexibility index (Phi) is 3.65. The molecule has 118 valence electrons. The molecule has 1 fully saturated rings. The Morgan fingerprint density at radius 1 is 1.26 bits per heavy atom. The van der Waals surface area contributed by atoms with Gasteiger partial charge in [0.1, 0.15) is 6.33 Å². The van der Waals surface area contributed by atoms with Crippen molar-refractivity contribution in [2.75, 3.05) is 6.54 Å². The van der Waals surface area contributed by atoms with Crippen molar-refractivity contribution in [1.82, 2.24) is 25.5 Å². The third kappa shape index (κ3) is 2.76. The zero-order valence-electron chi connectivity index (χ0n) is 12.7. The topological polar surface area (TPSA) is 72.7 Å². The fraction of sp³-hybridized carbons (Fsp3) is 0.412. The molecule has 0 saturated heterocycles. The summed E-state index contributed by atoms with van der Waals surface area (Å²) in [4.78, 5) is 12.8. The molecule has 4 rings (SSSR count). The van der Waals surface area contributed by atoms with Gasteiger partial charge in [0.15, 0.2) is 6.04 Å². The lowest BCUT2D eigenvalue weighted by Crippen LogP contribution is -2.37. The summed E-state index contributed by atoms with van der Waals surface area (Å²) >= 11 is 0. The highest BCUT2D eigenvalue weighted by Crippen LogP contribution is 2.43. The van der Waals surface area contributed by atoms with Crippen LogP contribution >= 0.6 is 0 Å². The molecule has 3 unspecified atom stereocenters. The molecule has 1 aromatic carbocycles. The summed E-state index contributed by atoms with van der Waals surface area (Å²) < 4.78 is 1.51. The zero-order valence-corrected chi connectivity index (χ0v) is 12.7. The van der Waals surface area contributed by atoms with Gasteiger partial charge < -0.3 is 5.32 Å². The standard InChI is InChI=1S/C17H19N5O/c23-17(18-10-15-9-12-6-7-14(15)8-12)16(22-11-19-20-21-22)13-4-2-1-3-5-13/h1-7,11-12,14-16H,8-10H2,(H,18,23)/t12?,14?,15?,16-/m0/s1. The van der Waals surface area contributed by atoms with Crippen LogP contribution in [-0.2, 0) is 4.79 Å². The Morgan fingerprint density at radius 3 is 2.78 bits per heavy atom. The van der Waals surface area contributed by atoms with Gasteiger partial charge in [-0.25, -0.2) is 4.68 Å². The van der Waals surface area contributed by atoms with E-state index in [1.54, 1.807) is 0 Å². The van der Waals surface area contributed by atoms with Crippen molar-refractivity contribution < 1.29 is 4.79 Å². The highest BCUT2D eigenvalue weighted by atomic mass is 16.2.